The monoisotopic (exact) mass is 273 g/mol. The van der Waals surface area contributed by atoms with E-state index in [0.29, 0.717) is 35.4 Å². The lowest BCUT2D eigenvalue weighted by Crippen LogP contribution is -2.07. The molecule has 2 N–H and O–H groups in total. The highest BCUT2D eigenvalue weighted by Gasteiger charge is 2.10. The van der Waals surface area contributed by atoms with Crippen LogP contribution in [-0.4, -0.2) is 13.2 Å². The maximum absolute atomic E-state index is 6.12. The molecule has 0 aromatic heterocycles. The van der Waals surface area contributed by atoms with Gasteiger partial charge in [-0.2, -0.15) is 0 Å². The molecule has 1 aromatic carbocycles. The fourth-order valence-electron chi connectivity index (χ4n) is 1.39. The SMILES string of the molecule is C=C(CC)COc1c(Cl)cc(Cl)cc1CCN. The zero-order chi connectivity index (χ0) is 12.8. The third-order valence-corrected chi connectivity index (χ3v) is 2.92. The second kappa shape index (κ2) is 6.90. The molecule has 0 amide bonds. The molecule has 0 aliphatic rings. The highest BCUT2D eigenvalue weighted by atomic mass is 35.5. The van der Waals surface area contributed by atoms with Crippen molar-refractivity contribution in [3.05, 3.63) is 39.9 Å². The highest BCUT2D eigenvalue weighted by Crippen LogP contribution is 2.33. The summed E-state index contributed by atoms with van der Waals surface area (Å²) in [6.07, 6.45) is 1.58. The smallest absolute Gasteiger partial charge is 0.141 e. The molecule has 2 nitrogen and oxygen atoms in total. The third kappa shape index (κ3) is 4.23. The first-order valence-electron chi connectivity index (χ1n) is 5.56. The molecule has 0 aliphatic carbocycles. The van der Waals surface area contributed by atoms with Crippen LogP contribution in [0, 0.1) is 0 Å². The lowest BCUT2D eigenvalue weighted by molar-refractivity contribution is 0.345. The van der Waals surface area contributed by atoms with Crippen LogP contribution in [0.1, 0.15) is 18.9 Å². The van der Waals surface area contributed by atoms with Crippen LogP contribution in [0.25, 0.3) is 0 Å². The summed E-state index contributed by atoms with van der Waals surface area (Å²) in [5.74, 6) is 0.663. The minimum atomic E-state index is 0.468. The standard InChI is InChI=1S/C13H17Cl2NO/c1-3-9(2)8-17-13-10(4-5-16)6-11(14)7-12(13)15/h6-7H,2-5,8,16H2,1H3. The summed E-state index contributed by atoms with van der Waals surface area (Å²) in [6, 6.07) is 3.51. The summed E-state index contributed by atoms with van der Waals surface area (Å²) in [5, 5.41) is 1.12. The molecule has 0 saturated heterocycles. The van der Waals surface area contributed by atoms with Gasteiger partial charge >= 0.3 is 0 Å². The van der Waals surface area contributed by atoms with Gasteiger partial charge in [-0.1, -0.05) is 36.7 Å². The van der Waals surface area contributed by atoms with Gasteiger partial charge in [-0.05, 0) is 42.7 Å². The van der Waals surface area contributed by atoms with Gasteiger partial charge in [0.2, 0.25) is 0 Å². The number of benzene rings is 1. The molecule has 94 valence electrons. The van der Waals surface area contributed by atoms with E-state index in [1.807, 2.05) is 13.0 Å². The summed E-state index contributed by atoms with van der Waals surface area (Å²) < 4.78 is 5.68. The maximum atomic E-state index is 6.12. The molecule has 1 aromatic rings. The van der Waals surface area contributed by atoms with Crippen molar-refractivity contribution in [1.29, 1.82) is 0 Å². The van der Waals surface area contributed by atoms with E-state index in [9.17, 15) is 0 Å². The summed E-state index contributed by atoms with van der Waals surface area (Å²) in [7, 11) is 0. The minimum absolute atomic E-state index is 0.468. The molecule has 0 spiro atoms. The molecule has 4 heteroatoms. The second-order valence-electron chi connectivity index (χ2n) is 3.81. The fraction of sp³-hybridized carbons (Fsp3) is 0.385. The Bertz CT molecular complexity index is 405. The molecule has 0 unspecified atom stereocenters. The average Bonchev–Trinajstić information content (AvgIpc) is 2.27. The van der Waals surface area contributed by atoms with E-state index >= 15 is 0 Å². The Balaban J connectivity index is 2.91. The Morgan fingerprint density at radius 3 is 2.71 bits per heavy atom. The topological polar surface area (TPSA) is 35.2 Å². The van der Waals surface area contributed by atoms with E-state index in [1.165, 1.54) is 0 Å². The van der Waals surface area contributed by atoms with Crippen molar-refractivity contribution in [3.63, 3.8) is 0 Å². The Morgan fingerprint density at radius 1 is 1.41 bits per heavy atom. The maximum Gasteiger partial charge on any atom is 0.141 e. The van der Waals surface area contributed by atoms with Gasteiger partial charge in [0.15, 0.2) is 0 Å². The Hall–Kier alpha value is -0.700. The first kappa shape index (κ1) is 14.4. The molecular formula is C13H17Cl2NO. The van der Waals surface area contributed by atoms with Crippen LogP contribution in [0.4, 0.5) is 0 Å². The zero-order valence-corrected chi connectivity index (χ0v) is 11.4. The number of hydrogen-bond donors (Lipinski definition) is 1. The molecule has 0 saturated carbocycles. The van der Waals surface area contributed by atoms with Gasteiger partial charge in [0.05, 0.1) is 5.02 Å². The van der Waals surface area contributed by atoms with Crippen LogP contribution in [0.5, 0.6) is 5.75 Å². The molecule has 0 heterocycles. The lowest BCUT2D eigenvalue weighted by Gasteiger charge is -2.14. The van der Waals surface area contributed by atoms with E-state index < -0.39 is 0 Å². The fourth-order valence-corrected chi connectivity index (χ4v) is 1.98. The molecule has 0 radical (unpaired) electrons. The predicted octanol–water partition coefficient (Wildman–Crippen LogP) is 3.84. The van der Waals surface area contributed by atoms with E-state index in [2.05, 4.69) is 6.58 Å². The molecule has 0 atom stereocenters. The van der Waals surface area contributed by atoms with Gasteiger partial charge < -0.3 is 10.5 Å². The van der Waals surface area contributed by atoms with Crippen molar-refractivity contribution in [2.24, 2.45) is 5.73 Å². The average molecular weight is 274 g/mol. The quantitative estimate of drug-likeness (QED) is 0.800. The van der Waals surface area contributed by atoms with Gasteiger partial charge in [0, 0.05) is 5.02 Å². The van der Waals surface area contributed by atoms with Gasteiger partial charge in [-0.25, -0.2) is 0 Å². The number of nitrogens with two attached hydrogens (primary N) is 1. The third-order valence-electron chi connectivity index (χ3n) is 2.42. The summed E-state index contributed by atoms with van der Waals surface area (Å²) in [5.41, 5.74) is 7.51. The van der Waals surface area contributed by atoms with Crippen molar-refractivity contribution in [1.82, 2.24) is 0 Å². The molecular weight excluding hydrogens is 257 g/mol. The summed E-state index contributed by atoms with van der Waals surface area (Å²) in [4.78, 5) is 0. The normalized spacial score (nSPS) is 10.4. The minimum Gasteiger partial charge on any atom is -0.487 e. The van der Waals surface area contributed by atoms with E-state index in [4.69, 9.17) is 33.7 Å². The first-order valence-corrected chi connectivity index (χ1v) is 6.31. The first-order chi connectivity index (χ1) is 8.08. The van der Waals surface area contributed by atoms with Crippen molar-refractivity contribution in [2.75, 3.05) is 13.2 Å². The Kier molecular flexibility index (Phi) is 5.83. The molecule has 1 rings (SSSR count). The lowest BCUT2D eigenvalue weighted by atomic mass is 10.1. The Morgan fingerprint density at radius 2 is 2.12 bits per heavy atom. The predicted molar refractivity (Wildman–Crippen MR) is 74.1 cm³/mol. The van der Waals surface area contributed by atoms with Crippen LogP contribution in [0.15, 0.2) is 24.3 Å². The van der Waals surface area contributed by atoms with Gasteiger partial charge in [-0.15, -0.1) is 0 Å². The van der Waals surface area contributed by atoms with Gasteiger partial charge in [0.1, 0.15) is 12.4 Å². The van der Waals surface area contributed by atoms with Crippen molar-refractivity contribution < 1.29 is 4.74 Å². The Labute approximate surface area is 112 Å². The van der Waals surface area contributed by atoms with Crippen molar-refractivity contribution >= 4 is 23.2 Å². The van der Waals surface area contributed by atoms with Crippen LogP contribution >= 0.6 is 23.2 Å². The molecule has 0 bridgehead atoms. The highest BCUT2D eigenvalue weighted by molar-refractivity contribution is 6.35. The van der Waals surface area contributed by atoms with Crippen LogP contribution in [-0.2, 0) is 6.42 Å². The van der Waals surface area contributed by atoms with Crippen molar-refractivity contribution in [3.8, 4) is 5.75 Å². The van der Waals surface area contributed by atoms with Crippen LogP contribution in [0.3, 0.4) is 0 Å². The van der Waals surface area contributed by atoms with Gasteiger partial charge in [-0.3, -0.25) is 0 Å². The molecule has 17 heavy (non-hydrogen) atoms. The van der Waals surface area contributed by atoms with Crippen LogP contribution in [0.2, 0.25) is 10.0 Å². The summed E-state index contributed by atoms with van der Waals surface area (Å²) >= 11 is 12.1. The number of hydrogen-bond acceptors (Lipinski definition) is 2. The zero-order valence-electron chi connectivity index (χ0n) is 9.93. The van der Waals surface area contributed by atoms with Crippen LogP contribution < -0.4 is 10.5 Å². The van der Waals surface area contributed by atoms with Crippen molar-refractivity contribution in [2.45, 2.75) is 19.8 Å². The second-order valence-corrected chi connectivity index (χ2v) is 4.65. The summed E-state index contributed by atoms with van der Waals surface area (Å²) in [6.45, 7) is 6.93. The van der Waals surface area contributed by atoms with E-state index in [-0.39, 0.29) is 0 Å². The number of rotatable bonds is 6. The molecule has 0 fully saturated rings. The number of ether oxygens (including phenoxy) is 1. The molecule has 0 aliphatic heterocycles. The largest absolute Gasteiger partial charge is 0.487 e. The van der Waals surface area contributed by atoms with Gasteiger partial charge in [0.25, 0.3) is 0 Å². The van der Waals surface area contributed by atoms with E-state index in [1.54, 1.807) is 6.07 Å². The van der Waals surface area contributed by atoms with E-state index in [0.717, 1.165) is 17.6 Å². The number of halogens is 2.